The second-order valence-corrected chi connectivity index (χ2v) is 2.11. The van der Waals surface area contributed by atoms with E-state index in [0.717, 1.165) is 44.4 Å². The summed E-state index contributed by atoms with van der Waals surface area (Å²) in [5, 5.41) is 12.2. The van der Waals surface area contributed by atoms with Crippen molar-refractivity contribution in [3.8, 4) is 0 Å². The Morgan fingerprint density at radius 3 is 1.69 bits per heavy atom. The van der Waals surface area contributed by atoms with Gasteiger partial charge in [-0.3, -0.25) is 0 Å². The van der Waals surface area contributed by atoms with Crippen molar-refractivity contribution in [2.75, 3.05) is 26.2 Å². The summed E-state index contributed by atoms with van der Waals surface area (Å²) in [6, 6.07) is 0. The molecule has 7 heteroatoms. The molecule has 0 fully saturated rings. The van der Waals surface area contributed by atoms with Crippen LogP contribution in [0.3, 0.4) is 0 Å². The number of rotatable bonds is 6. The van der Waals surface area contributed by atoms with E-state index < -0.39 is 0 Å². The van der Waals surface area contributed by atoms with Crippen LogP contribution >= 0.6 is 0 Å². The Hall–Kier alpha value is 0.280. The van der Waals surface area contributed by atoms with Crippen LogP contribution in [0.5, 0.6) is 0 Å². The van der Waals surface area contributed by atoms with Crippen LogP contribution in [-0.4, -0.2) is 26.2 Å². The molecular formula is C6H17N4NaO2. The van der Waals surface area contributed by atoms with Crippen molar-refractivity contribution >= 4 is 0 Å². The molecule has 0 saturated heterocycles. The largest absolute Gasteiger partial charge is 1.00 e. The first-order valence-corrected chi connectivity index (χ1v) is 3.89. The molecule has 0 rings (SSSR count). The molecule has 13 heavy (non-hydrogen) atoms. The molecule has 0 heterocycles. The number of hydrogen-bond acceptors (Lipinski definition) is 6. The average molecular weight is 200 g/mol. The minimum atomic E-state index is 0. The van der Waals surface area contributed by atoms with E-state index in [0.29, 0.717) is 0 Å². The summed E-state index contributed by atoms with van der Waals surface area (Å²) in [7, 11) is 0. The van der Waals surface area contributed by atoms with Gasteiger partial charge in [-0.25, -0.2) is 0 Å². The third kappa shape index (κ3) is 32.9. The van der Waals surface area contributed by atoms with Crippen molar-refractivity contribution in [3.05, 3.63) is 10.1 Å². The Bertz CT molecular complexity index is 81.0. The van der Waals surface area contributed by atoms with Crippen LogP contribution in [0.25, 0.3) is 0 Å². The second-order valence-electron chi connectivity index (χ2n) is 2.11. The summed E-state index contributed by atoms with van der Waals surface area (Å²) in [5.74, 6) is 0. The summed E-state index contributed by atoms with van der Waals surface area (Å²) in [6.45, 7) is 3.60. The zero-order chi connectivity index (χ0) is 9.66. The quantitative estimate of drug-likeness (QED) is 0.178. The van der Waals surface area contributed by atoms with Crippen LogP contribution in [0.2, 0.25) is 0 Å². The van der Waals surface area contributed by atoms with Crippen LogP contribution in [0, 0.1) is 10.1 Å². The molecule has 0 unspecified atom stereocenters. The van der Waals surface area contributed by atoms with Crippen LogP contribution in [0.1, 0.15) is 12.8 Å². The van der Waals surface area contributed by atoms with Crippen LogP contribution < -0.4 is 46.3 Å². The molecule has 0 aliphatic rings. The Morgan fingerprint density at radius 1 is 1.15 bits per heavy atom. The van der Waals surface area contributed by atoms with Crippen molar-refractivity contribution in [2.45, 2.75) is 12.8 Å². The Kier molecular flexibility index (Phi) is 33.2. The van der Waals surface area contributed by atoms with Gasteiger partial charge in [0.1, 0.15) is 0 Å². The van der Waals surface area contributed by atoms with E-state index in [1.165, 1.54) is 0 Å². The van der Waals surface area contributed by atoms with Crippen molar-refractivity contribution < 1.29 is 29.6 Å². The number of hydrogen-bond donors (Lipinski definition) is 3. The van der Waals surface area contributed by atoms with E-state index in [9.17, 15) is 0 Å². The van der Waals surface area contributed by atoms with Gasteiger partial charge in [0.15, 0.2) is 0 Å². The minimum absolute atomic E-state index is 0. The monoisotopic (exact) mass is 200 g/mol. The van der Waals surface area contributed by atoms with Crippen molar-refractivity contribution in [1.82, 2.24) is 5.32 Å². The van der Waals surface area contributed by atoms with Crippen molar-refractivity contribution in [2.24, 2.45) is 16.8 Å². The molecule has 0 aliphatic heterocycles. The van der Waals surface area contributed by atoms with E-state index >= 15 is 0 Å². The van der Waals surface area contributed by atoms with E-state index in [1.807, 2.05) is 0 Å². The Labute approximate surface area is 101 Å². The maximum atomic E-state index is 8.00. The standard InChI is InChI=1S/C6H17N3.HNO2.Na/c7-3-1-5-9-6-2-4-8;2-1-3;/h9H,1-8H2;(H,2,3);/q;;+1/p-1. The van der Waals surface area contributed by atoms with Gasteiger partial charge in [-0.1, -0.05) is 0 Å². The van der Waals surface area contributed by atoms with Gasteiger partial charge in [0.2, 0.25) is 0 Å². The molecule has 0 aliphatic carbocycles. The van der Waals surface area contributed by atoms with Gasteiger partial charge in [0.25, 0.3) is 0 Å². The Balaban J connectivity index is -0.000000220. The summed E-state index contributed by atoms with van der Waals surface area (Å²) in [5.41, 5.74) is 10.6. The van der Waals surface area contributed by atoms with Crippen LogP contribution in [0.4, 0.5) is 0 Å². The SMILES string of the molecule is NCCCNCCCN.O=N[O-].[Na+]. The predicted molar refractivity (Wildman–Crippen MR) is 49.4 cm³/mol. The van der Waals surface area contributed by atoms with E-state index in [2.05, 4.69) is 5.32 Å². The maximum absolute atomic E-state index is 8.00. The molecule has 0 amide bonds. The topological polar surface area (TPSA) is 117 Å². The molecule has 5 N–H and O–H groups in total. The fourth-order valence-corrected chi connectivity index (χ4v) is 0.579. The van der Waals surface area contributed by atoms with Gasteiger partial charge in [-0.15, -0.1) is 5.34 Å². The summed E-state index contributed by atoms with van der Waals surface area (Å²) >= 11 is 0. The smallest absolute Gasteiger partial charge is 0.444 e. The Morgan fingerprint density at radius 2 is 1.46 bits per heavy atom. The molecule has 0 spiro atoms. The molecule has 0 atom stereocenters. The molecule has 6 nitrogen and oxygen atoms in total. The van der Waals surface area contributed by atoms with Gasteiger partial charge in [0, 0.05) is 0 Å². The fraction of sp³-hybridized carbons (Fsp3) is 1.00. The number of nitrogens with two attached hydrogens (primary N) is 2. The van der Waals surface area contributed by atoms with Gasteiger partial charge in [-0.05, 0) is 39.0 Å². The van der Waals surface area contributed by atoms with E-state index in [4.69, 9.17) is 21.6 Å². The first-order chi connectivity index (χ1) is 5.83. The minimum Gasteiger partial charge on any atom is -0.444 e. The fourth-order valence-electron chi connectivity index (χ4n) is 0.579. The third-order valence-electron chi connectivity index (χ3n) is 1.12. The number of nitrogens with one attached hydrogen (secondary N) is 1. The summed E-state index contributed by atoms with van der Waals surface area (Å²) in [4.78, 5) is 8.00. The van der Waals surface area contributed by atoms with Gasteiger partial charge >= 0.3 is 29.6 Å². The first-order valence-electron chi connectivity index (χ1n) is 3.89. The number of nitrogens with zero attached hydrogens (tertiary/aromatic N) is 1. The van der Waals surface area contributed by atoms with Crippen molar-refractivity contribution in [3.63, 3.8) is 0 Å². The zero-order valence-corrected chi connectivity index (χ0v) is 10.2. The van der Waals surface area contributed by atoms with Gasteiger partial charge < -0.3 is 26.9 Å². The predicted octanol–water partition coefficient (Wildman–Crippen LogP) is -3.47. The molecule has 0 aromatic carbocycles. The van der Waals surface area contributed by atoms with E-state index in [-0.39, 0.29) is 29.6 Å². The maximum Gasteiger partial charge on any atom is 1.00 e. The van der Waals surface area contributed by atoms with Gasteiger partial charge in [-0.2, -0.15) is 0 Å². The zero-order valence-electron chi connectivity index (χ0n) is 8.16. The molecule has 74 valence electrons. The molecule has 0 radical (unpaired) electrons. The molecule has 0 bridgehead atoms. The molecule has 0 saturated carbocycles. The van der Waals surface area contributed by atoms with E-state index in [1.54, 1.807) is 0 Å². The first kappa shape index (κ1) is 18.9. The summed E-state index contributed by atoms with van der Waals surface area (Å²) < 4.78 is 0. The second kappa shape index (κ2) is 22.8. The summed E-state index contributed by atoms with van der Waals surface area (Å²) in [6.07, 6.45) is 2.12. The molecule has 0 aromatic rings. The van der Waals surface area contributed by atoms with Crippen LogP contribution in [-0.2, 0) is 0 Å². The normalized spacial score (nSPS) is 7.85. The molecular weight excluding hydrogens is 183 g/mol. The van der Waals surface area contributed by atoms with Crippen LogP contribution in [0.15, 0.2) is 5.34 Å². The van der Waals surface area contributed by atoms with Gasteiger partial charge in [0.05, 0.1) is 0 Å². The third-order valence-corrected chi connectivity index (χ3v) is 1.12. The molecule has 0 aromatic heterocycles. The van der Waals surface area contributed by atoms with Crippen molar-refractivity contribution in [1.29, 1.82) is 0 Å². The average Bonchev–Trinajstić information content (AvgIpc) is 2.06.